The fourth-order valence-corrected chi connectivity index (χ4v) is 7.92. The maximum absolute atomic E-state index is 14.2. The van der Waals surface area contributed by atoms with E-state index in [0.717, 1.165) is 39.5 Å². The summed E-state index contributed by atoms with van der Waals surface area (Å²) in [6, 6.07) is -15.9. The Hall–Kier alpha value is -6.15. The molecule has 12 atom stereocenters. The van der Waals surface area contributed by atoms with Gasteiger partial charge in [0.05, 0.1) is 25.4 Å². The standard InChI is InChI=1S/C48H89N15O15/c1-6-7-8-9-10-11-36(68)54-28(12-17-49)42(72)63-38(27(5)67)48(78)61-35(24-65)46(76)58-32-16-21-53-47(77)37(26(4)66)62-43(73)31(15-20-52)56-39(69)29(13-18-50)57-45(75)34(23-64)60-44(74)33(22-25(2)3)59-40(70)30(14-19-51)55-41(32)71/h25-35,37-38,64-67H,6-24,49-52H2,1-5H3,(H,53,77)(H,54,68)(H,55,71)(H,56,69)(H,57,75)(H,58,76)(H,59,70)(H,60,74)(H,61,78)(H,62,73)(H,63,72)/t26-,27-,28+,29+,30+,31+,32+,33-,34+,35-,37+,38+/m1/s1. The smallest absolute Gasteiger partial charge is 0.245 e. The van der Waals surface area contributed by atoms with Gasteiger partial charge in [0.2, 0.25) is 65.0 Å². The SMILES string of the molecule is CCCCCCCC(=O)N[C@@H](CCN)C(=O)N[C@H](C(=O)N[C@H](CO)C(=O)N[C@H]1CCNC(=O)[C@H]([C@@H](C)O)NC(=O)[C@H](CCN)NC(=O)[C@H](CCN)NC(=O)[C@H](CO)NC(=O)[C@@H](CC(C)C)NC(=O)[C@H](CCN)NC1=O)[C@@H](C)O. The van der Waals surface area contributed by atoms with Crippen LogP contribution in [0.25, 0.3) is 0 Å². The maximum Gasteiger partial charge on any atom is 0.245 e. The van der Waals surface area contributed by atoms with E-state index in [0.29, 0.717) is 6.42 Å². The molecule has 11 amide bonds. The van der Waals surface area contributed by atoms with Crippen molar-refractivity contribution < 1.29 is 73.2 Å². The van der Waals surface area contributed by atoms with Crippen molar-refractivity contribution >= 4 is 65.0 Å². The van der Waals surface area contributed by atoms with Crippen LogP contribution < -0.4 is 81.4 Å². The highest BCUT2D eigenvalue weighted by molar-refractivity contribution is 5.99. The average Bonchev–Trinajstić information content (AvgIpc) is 3.37. The topological polar surface area (TPSA) is 505 Å². The van der Waals surface area contributed by atoms with Crippen LogP contribution in [0.1, 0.15) is 112 Å². The van der Waals surface area contributed by atoms with Crippen LogP contribution in [0, 0.1) is 5.92 Å². The van der Waals surface area contributed by atoms with Gasteiger partial charge in [-0.2, -0.15) is 0 Å². The molecule has 446 valence electrons. The van der Waals surface area contributed by atoms with Crippen LogP contribution in [0.3, 0.4) is 0 Å². The lowest BCUT2D eigenvalue weighted by atomic mass is 10.0. The molecule has 1 fully saturated rings. The van der Waals surface area contributed by atoms with Crippen LogP contribution in [0.4, 0.5) is 0 Å². The number of hydrogen-bond donors (Lipinski definition) is 19. The molecule has 1 aliphatic rings. The van der Waals surface area contributed by atoms with E-state index in [-0.39, 0.29) is 70.6 Å². The second kappa shape index (κ2) is 37.6. The summed E-state index contributed by atoms with van der Waals surface area (Å²) in [5, 5.41) is 68.3. The van der Waals surface area contributed by atoms with E-state index in [9.17, 15) is 73.2 Å². The van der Waals surface area contributed by atoms with E-state index < -0.39 is 164 Å². The van der Waals surface area contributed by atoms with Crippen molar-refractivity contribution in [3.63, 3.8) is 0 Å². The van der Waals surface area contributed by atoms with Crippen LogP contribution in [0.2, 0.25) is 0 Å². The van der Waals surface area contributed by atoms with Crippen LogP contribution in [-0.4, -0.2) is 204 Å². The molecule has 0 unspecified atom stereocenters. The predicted octanol–water partition coefficient (Wildman–Crippen LogP) is -8.10. The van der Waals surface area contributed by atoms with E-state index in [1.807, 2.05) is 6.92 Å². The molecule has 0 spiro atoms. The second-order valence-corrected chi connectivity index (χ2v) is 19.6. The number of carbonyl (C=O) groups is 11. The van der Waals surface area contributed by atoms with Gasteiger partial charge in [-0.1, -0.05) is 46.5 Å². The lowest BCUT2D eigenvalue weighted by molar-refractivity contribution is -0.137. The quantitative estimate of drug-likeness (QED) is 0.0340. The Balaban J connectivity index is 3.72. The lowest BCUT2D eigenvalue weighted by Gasteiger charge is -2.28. The van der Waals surface area contributed by atoms with Gasteiger partial charge in [0.15, 0.2) is 0 Å². The summed E-state index contributed by atoms with van der Waals surface area (Å²) in [5.41, 5.74) is 23.0. The Morgan fingerprint density at radius 2 is 1.08 bits per heavy atom. The van der Waals surface area contributed by atoms with Crippen LogP contribution in [0.5, 0.6) is 0 Å². The maximum atomic E-state index is 14.2. The molecule has 23 N–H and O–H groups in total. The molecule has 1 aliphatic heterocycles. The van der Waals surface area contributed by atoms with Crippen LogP contribution in [0.15, 0.2) is 0 Å². The minimum atomic E-state index is -1.89. The fourth-order valence-electron chi connectivity index (χ4n) is 7.92. The highest BCUT2D eigenvalue weighted by atomic mass is 16.3. The molecule has 0 aromatic carbocycles. The summed E-state index contributed by atoms with van der Waals surface area (Å²) in [7, 11) is 0. The summed E-state index contributed by atoms with van der Waals surface area (Å²) >= 11 is 0. The molecule has 0 aromatic rings. The summed E-state index contributed by atoms with van der Waals surface area (Å²) in [5.74, 6) is -11.1. The van der Waals surface area contributed by atoms with Crippen molar-refractivity contribution in [1.29, 1.82) is 0 Å². The molecule has 78 heavy (non-hydrogen) atoms. The third-order valence-electron chi connectivity index (χ3n) is 12.3. The van der Waals surface area contributed by atoms with Gasteiger partial charge in [-0.15, -0.1) is 0 Å². The van der Waals surface area contributed by atoms with Gasteiger partial charge in [0.1, 0.15) is 60.4 Å². The Morgan fingerprint density at radius 1 is 0.577 bits per heavy atom. The molecule has 0 aliphatic carbocycles. The highest BCUT2D eigenvalue weighted by Crippen LogP contribution is 2.10. The molecule has 0 bridgehead atoms. The molecule has 1 rings (SSSR count). The number of aliphatic hydroxyl groups is 4. The first-order valence-corrected chi connectivity index (χ1v) is 26.6. The van der Waals surface area contributed by atoms with Gasteiger partial charge in [0, 0.05) is 13.0 Å². The zero-order valence-corrected chi connectivity index (χ0v) is 45.5. The van der Waals surface area contributed by atoms with Gasteiger partial charge in [-0.05, 0) is 90.9 Å². The summed E-state index contributed by atoms with van der Waals surface area (Å²) in [6.45, 7) is 4.53. The van der Waals surface area contributed by atoms with Crippen molar-refractivity contribution in [2.75, 3.05) is 45.9 Å². The Bertz CT molecular complexity index is 1970. The Labute approximate surface area is 454 Å². The second-order valence-electron chi connectivity index (χ2n) is 19.6. The number of amides is 11. The third kappa shape index (κ3) is 25.1. The predicted molar refractivity (Wildman–Crippen MR) is 282 cm³/mol. The normalized spacial score (nSPS) is 23.5. The third-order valence-corrected chi connectivity index (χ3v) is 12.3. The van der Waals surface area contributed by atoms with E-state index in [2.05, 4.69) is 58.5 Å². The first-order chi connectivity index (χ1) is 36.9. The van der Waals surface area contributed by atoms with Crippen molar-refractivity contribution in [3.8, 4) is 0 Å². The van der Waals surface area contributed by atoms with Crippen LogP contribution in [-0.2, 0) is 52.7 Å². The number of nitrogens with one attached hydrogen (secondary N) is 11. The van der Waals surface area contributed by atoms with E-state index >= 15 is 0 Å². The molecule has 30 nitrogen and oxygen atoms in total. The Kier molecular flexibility index (Phi) is 33.7. The number of hydrogen-bond acceptors (Lipinski definition) is 19. The van der Waals surface area contributed by atoms with Crippen molar-refractivity contribution in [3.05, 3.63) is 0 Å². The zero-order valence-electron chi connectivity index (χ0n) is 45.5. The van der Waals surface area contributed by atoms with Gasteiger partial charge < -0.3 is 102 Å². The number of rotatable bonds is 27. The monoisotopic (exact) mass is 1120 g/mol. The summed E-state index contributed by atoms with van der Waals surface area (Å²) in [6.07, 6.45) is -0.0761. The Morgan fingerprint density at radius 3 is 1.56 bits per heavy atom. The molecule has 1 heterocycles. The number of aliphatic hydroxyl groups excluding tert-OH is 4. The van der Waals surface area contributed by atoms with Gasteiger partial charge in [-0.3, -0.25) is 52.7 Å². The number of unbranched alkanes of at least 4 members (excludes halogenated alkanes) is 4. The minimum absolute atomic E-state index is 0.0422. The molecule has 1 saturated heterocycles. The summed E-state index contributed by atoms with van der Waals surface area (Å²) < 4.78 is 0. The number of nitrogens with two attached hydrogens (primary N) is 4. The fraction of sp³-hybridized carbons (Fsp3) is 0.771. The van der Waals surface area contributed by atoms with Gasteiger partial charge in [-0.25, -0.2) is 0 Å². The summed E-state index contributed by atoms with van der Waals surface area (Å²) in [4.78, 5) is 150. The first kappa shape index (κ1) is 69.9. The van der Waals surface area contributed by atoms with E-state index in [1.54, 1.807) is 13.8 Å². The number of carbonyl (C=O) groups excluding carboxylic acids is 11. The first-order valence-electron chi connectivity index (χ1n) is 26.6. The molecule has 0 saturated carbocycles. The molecule has 0 radical (unpaired) electrons. The lowest BCUT2D eigenvalue weighted by Crippen LogP contribution is -2.62. The van der Waals surface area contributed by atoms with Crippen molar-refractivity contribution in [2.24, 2.45) is 28.9 Å². The largest absolute Gasteiger partial charge is 0.394 e. The average molecular weight is 1120 g/mol. The molecule has 30 heteroatoms. The highest BCUT2D eigenvalue weighted by Gasteiger charge is 2.37. The molecular weight excluding hydrogens is 1030 g/mol. The minimum Gasteiger partial charge on any atom is -0.394 e. The molecule has 0 aromatic heterocycles. The zero-order chi connectivity index (χ0) is 59.1. The van der Waals surface area contributed by atoms with Gasteiger partial charge >= 0.3 is 0 Å². The van der Waals surface area contributed by atoms with Gasteiger partial charge in [0.25, 0.3) is 0 Å². The molecular formula is C48H89N15O15. The van der Waals surface area contributed by atoms with Crippen molar-refractivity contribution in [2.45, 2.75) is 184 Å². The van der Waals surface area contributed by atoms with E-state index in [4.69, 9.17) is 22.9 Å². The van der Waals surface area contributed by atoms with Crippen molar-refractivity contribution in [1.82, 2.24) is 58.5 Å². The van der Waals surface area contributed by atoms with E-state index in [1.165, 1.54) is 0 Å². The van der Waals surface area contributed by atoms with Crippen LogP contribution >= 0.6 is 0 Å².